The number of anilines is 2. The van der Waals surface area contributed by atoms with Gasteiger partial charge in [-0.15, -0.1) is 0 Å². The lowest BCUT2D eigenvalue weighted by atomic mass is 9.98. The highest BCUT2D eigenvalue weighted by molar-refractivity contribution is 5.89. The lowest BCUT2D eigenvalue weighted by Gasteiger charge is -2.20. The number of hydrogen-bond donors (Lipinski definition) is 6. The van der Waals surface area contributed by atoms with Crippen molar-refractivity contribution in [3.8, 4) is 11.5 Å². The molecule has 0 heterocycles. The topological polar surface area (TPSA) is 170 Å². The number of aliphatic hydroxyl groups excluding tert-OH is 1. The molecule has 5 aromatic rings. The van der Waals surface area contributed by atoms with Crippen LogP contribution in [0.1, 0.15) is 55.9 Å². The summed E-state index contributed by atoms with van der Waals surface area (Å²) in [6, 6.07) is 34.1. The summed E-state index contributed by atoms with van der Waals surface area (Å²) >= 11 is 0. The van der Waals surface area contributed by atoms with Crippen LogP contribution in [0.5, 0.6) is 11.5 Å². The molecule has 2 unspecified atom stereocenters. The Hall–Kier alpha value is -6.63. The molecule has 0 saturated carbocycles. The molecule has 0 fully saturated rings. The Bertz CT molecular complexity index is 2090. The molecule has 0 aliphatic rings. The molecule has 1 amide bonds. The largest absolute Gasteiger partial charge is 0.506 e. The number of carbonyl (C=O) groups excluding carboxylic acids is 2. The first-order valence-corrected chi connectivity index (χ1v) is 18.0. The maximum Gasteiger partial charge on any atom is 0.405 e. The lowest BCUT2D eigenvalue weighted by molar-refractivity contribution is -0.104. The van der Waals surface area contributed by atoms with Gasteiger partial charge >= 0.3 is 12.1 Å². The molecule has 0 radical (unpaired) electrons. The normalized spacial score (nSPS) is 12.1. The second-order valence-corrected chi connectivity index (χ2v) is 12.9. The zero-order chi connectivity index (χ0) is 39.9. The van der Waals surface area contributed by atoms with Crippen molar-refractivity contribution in [3.63, 3.8) is 0 Å². The highest BCUT2D eigenvalue weighted by atomic mass is 16.5. The summed E-state index contributed by atoms with van der Waals surface area (Å²) in [7, 11) is 3.58. The van der Waals surface area contributed by atoms with Crippen molar-refractivity contribution in [3.05, 3.63) is 160 Å². The second-order valence-electron chi connectivity index (χ2n) is 12.9. The Kier molecular flexibility index (Phi) is 14.6. The van der Waals surface area contributed by atoms with Crippen LogP contribution in [0.4, 0.5) is 16.2 Å². The van der Waals surface area contributed by atoms with Gasteiger partial charge in [0.15, 0.2) is 0 Å². The van der Waals surface area contributed by atoms with Crippen LogP contribution in [0.15, 0.2) is 121 Å². The van der Waals surface area contributed by atoms with Crippen molar-refractivity contribution >= 4 is 35.8 Å². The van der Waals surface area contributed by atoms with Crippen molar-refractivity contribution in [1.29, 1.82) is 0 Å². The smallest absolute Gasteiger partial charge is 0.405 e. The first-order chi connectivity index (χ1) is 27.2. The Morgan fingerprint density at radius 2 is 1.59 bits per heavy atom. The minimum atomic E-state index is -1.12. The number of esters is 1. The van der Waals surface area contributed by atoms with Gasteiger partial charge in [-0.1, -0.05) is 72.8 Å². The van der Waals surface area contributed by atoms with Gasteiger partial charge in [-0.05, 0) is 82.4 Å². The number of nitrogens with zero attached hydrogens (tertiary/aromatic N) is 1. The minimum absolute atomic E-state index is 0.0207. The molecule has 290 valence electrons. The van der Waals surface area contributed by atoms with Crippen molar-refractivity contribution in [2.75, 3.05) is 44.0 Å². The predicted molar refractivity (Wildman–Crippen MR) is 216 cm³/mol. The molecule has 12 heteroatoms. The fourth-order valence-electron chi connectivity index (χ4n) is 6.13. The summed E-state index contributed by atoms with van der Waals surface area (Å²) in [6.45, 7) is 1.68. The number of amides is 1. The number of ether oxygens (including phenoxy) is 2. The fraction of sp³-hybridized carbons (Fsp3) is 0.205. The first kappa shape index (κ1) is 40.6. The van der Waals surface area contributed by atoms with E-state index in [0.717, 1.165) is 27.9 Å². The lowest BCUT2D eigenvalue weighted by Crippen LogP contribution is -2.27. The Balaban J connectivity index is 1.05. The number of carbonyl (C=O) groups is 3. The van der Waals surface area contributed by atoms with E-state index < -0.39 is 24.2 Å². The molecule has 56 heavy (non-hydrogen) atoms. The molecule has 0 saturated heterocycles. The Labute approximate surface area is 326 Å². The van der Waals surface area contributed by atoms with Gasteiger partial charge in [0.25, 0.3) is 0 Å². The summed E-state index contributed by atoms with van der Waals surface area (Å²) in [4.78, 5) is 37.2. The van der Waals surface area contributed by atoms with Gasteiger partial charge in [-0.3, -0.25) is 4.79 Å². The fourth-order valence-corrected chi connectivity index (χ4v) is 6.13. The molecule has 2 atom stereocenters. The zero-order valence-electron chi connectivity index (χ0n) is 31.2. The molecule has 0 spiro atoms. The van der Waals surface area contributed by atoms with Crippen molar-refractivity contribution in [2.45, 2.75) is 25.3 Å². The summed E-state index contributed by atoms with van der Waals surface area (Å²) in [5.74, 6) is 0.175. The number of rotatable bonds is 19. The predicted octanol–water partition coefficient (Wildman–Crippen LogP) is 6.70. The third kappa shape index (κ3) is 11.2. The van der Waals surface area contributed by atoms with Crippen LogP contribution in [0, 0.1) is 0 Å². The highest BCUT2D eigenvalue weighted by Gasteiger charge is 2.18. The number of aromatic hydroxyl groups is 1. The van der Waals surface area contributed by atoms with Gasteiger partial charge in [-0.25, -0.2) is 9.59 Å². The average molecular weight is 759 g/mol. The van der Waals surface area contributed by atoms with Gasteiger partial charge in [0.05, 0.1) is 29.9 Å². The van der Waals surface area contributed by atoms with E-state index in [0.29, 0.717) is 47.5 Å². The van der Waals surface area contributed by atoms with Gasteiger partial charge < -0.3 is 45.6 Å². The van der Waals surface area contributed by atoms with Gasteiger partial charge in [-0.2, -0.15) is 0 Å². The number of aliphatic hydroxyl groups is 1. The Morgan fingerprint density at radius 3 is 2.29 bits per heavy atom. The minimum Gasteiger partial charge on any atom is -0.506 e. The van der Waals surface area contributed by atoms with E-state index in [9.17, 15) is 29.7 Å². The maximum atomic E-state index is 12.8. The van der Waals surface area contributed by atoms with E-state index in [4.69, 9.17) is 9.47 Å². The number of nitrogens with one attached hydrogen (secondary N) is 3. The number of carboxylic acid groups (broad SMARTS) is 1. The standard InChI is InChI=1S/C44H46N4O8/c1-45-42-38(12-7-24-49)37(21-22-39(42)50)40(51)28-46-27-30-15-19-35(20-16-30)48(2)23-25-55-43(52)33-17-13-31(14-18-33)29-56-36-11-6-10-34(26-36)41(47-44(53)54)32-8-4-3-5-9-32/h3-22,24,26,40-41,45-47,50-51H,23,25,27-29H2,1-2H3,(H,53,54)/b12-7-. The van der Waals surface area contributed by atoms with E-state index in [1.807, 2.05) is 90.8 Å². The van der Waals surface area contributed by atoms with Crippen molar-refractivity contribution in [1.82, 2.24) is 10.6 Å². The summed E-state index contributed by atoms with van der Waals surface area (Å²) < 4.78 is 11.5. The molecular formula is C44H46N4O8. The molecule has 6 N–H and O–H groups in total. The van der Waals surface area contributed by atoms with E-state index in [1.165, 1.54) is 12.1 Å². The number of phenolic OH excluding ortho intramolecular Hbond substituents is 1. The number of phenols is 1. The highest BCUT2D eigenvalue weighted by Crippen LogP contribution is 2.34. The summed E-state index contributed by atoms with van der Waals surface area (Å²) in [5, 5.41) is 39.2. The van der Waals surface area contributed by atoms with E-state index >= 15 is 0 Å². The van der Waals surface area contributed by atoms with E-state index in [1.54, 1.807) is 43.5 Å². The SMILES string of the molecule is CNc1c(O)ccc(C(O)CNCc2ccc(N(C)CCOC(=O)c3ccc(COc4cccc(C(NC(=O)O)c5ccccc5)c4)cc3)cc2)c1/C=C\C=O. The first-order valence-electron chi connectivity index (χ1n) is 18.0. The second kappa shape index (κ2) is 20.2. The van der Waals surface area contributed by atoms with Crippen LogP contribution in [0.2, 0.25) is 0 Å². The molecule has 0 aliphatic heterocycles. The number of likely N-dealkylation sites (N-methyl/N-ethyl adjacent to an activating group) is 1. The van der Waals surface area contributed by atoms with Crippen molar-refractivity contribution in [2.24, 2.45) is 0 Å². The average Bonchev–Trinajstić information content (AvgIpc) is 3.22. The molecule has 0 aromatic heterocycles. The van der Waals surface area contributed by atoms with Crippen LogP contribution < -0.4 is 25.6 Å². The van der Waals surface area contributed by atoms with Crippen molar-refractivity contribution < 1.29 is 39.2 Å². The maximum absolute atomic E-state index is 12.8. The van der Waals surface area contributed by atoms with Gasteiger partial charge in [0.1, 0.15) is 31.0 Å². The van der Waals surface area contributed by atoms with Crippen LogP contribution >= 0.6 is 0 Å². The molecule has 5 rings (SSSR count). The van der Waals surface area contributed by atoms with Gasteiger partial charge in [0, 0.05) is 38.4 Å². The molecule has 5 aromatic carbocycles. The third-order valence-electron chi connectivity index (χ3n) is 9.10. The third-order valence-corrected chi connectivity index (χ3v) is 9.10. The van der Waals surface area contributed by atoms with Crippen LogP contribution in [0.25, 0.3) is 6.08 Å². The number of hydrogen-bond acceptors (Lipinski definition) is 10. The summed E-state index contributed by atoms with van der Waals surface area (Å²) in [5.41, 5.74) is 6.33. The quantitative estimate of drug-likeness (QED) is 0.0229. The molecule has 0 aliphatic carbocycles. The molecule has 0 bridgehead atoms. The van der Waals surface area contributed by atoms with E-state index in [2.05, 4.69) is 16.0 Å². The number of aldehydes is 1. The number of allylic oxidation sites excluding steroid dienone is 1. The Morgan fingerprint density at radius 1 is 0.875 bits per heavy atom. The molecular weight excluding hydrogens is 713 g/mol. The van der Waals surface area contributed by atoms with Crippen LogP contribution in [-0.2, 0) is 22.7 Å². The van der Waals surface area contributed by atoms with Crippen LogP contribution in [-0.4, -0.2) is 67.5 Å². The zero-order valence-corrected chi connectivity index (χ0v) is 31.2. The van der Waals surface area contributed by atoms with Gasteiger partial charge in [0.2, 0.25) is 0 Å². The molecule has 12 nitrogen and oxygen atoms in total. The monoisotopic (exact) mass is 758 g/mol. The van der Waals surface area contributed by atoms with E-state index in [-0.39, 0.29) is 25.5 Å². The number of benzene rings is 5. The van der Waals surface area contributed by atoms with Crippen LogP contribution in [0.3, 0.4) is 0 Å². The summed E-state index contributed by atoms with van der Waals surface area (Å²) in [6.07, 6.45) is 1.51.